The molecule has 0 unspecified atom stereocenters. The molecule has 0 bridgehead atoms. The number of nitriles is 1. The molecule has 2 N–H and O–H groups in total. The maximum atomic E-state index is 12.6. The molecule has 2 aromatic carbocycles. The first-order valence-corrected chi connectivity index (χ1v) is 10.4. The molecule has 0 radical (unpaired) electrons. The Labute approximate surface area is 183 Å². The average Bonchev–Trinajstić information content (AvgIpc) is 3.24. The summed E-state index contributed by atoms with van der Waals surface area (Å²) in [5.41, 5.74) is 7.92. The highest BCUT2D eigenvalue weighted by atomic mass is 79.9. The van der Waals surface area contributed by atoms with Crippen molar-refractivity contribution in [1.82, 2.24) is 9.88 Å². The van der Waals surface area contributed by atoms with Crippen molar-refractivity contribution in [3.63, 3.8) is 0 Å². The molecule has 4 rings (SSSR count). The Balaban J connectivity index is 1.82. The molecule has 30 heavy (non-hydrogen) atoms. The third-order valence-corrected chi connectivity index (χ3v) is 6.07. The minimum Gasteiger partial charge on any atom is -0.375 e. The summed E-state index contributed by atoms with van der Waals surface area (Å²) >= 11 is 4.51. The zero-order valence-electron chi connectivity index (χ0n) is 15.6. The lowest BCUT2D eigenvalue weighted by Crippen LogP contribution is -2.29. The van der Waals surface area contributed by atoms with Gasteiger partial charge in [-0.1, -0.05) is 41.7 Å². The van der Waals surface area contributed by atoms with Crippen molar-refractivity contribution in [3.05, 3.63) is 57.6 Å². The van der Waals surface area contributed by atoms with Gasteiger partial charge in [-0.25, -0.2) is 4.98 Å². The van der Waals surface area contributed by atoms with Crippen LogP contribution < -0.4 is 5.73 Å². The van der Waals surface area contributed by atoms with E-state index in [0.29, 0.717) is 15.8 Å². The average molecular weight is 481 g/mol. The Bertz CT molecular complexity index is 1260. The molecule has 10 heteroatoms. The molecule has 1 aliphatic rings. The molecule has 0 saturated heterocycles. The van der Waals surface area contributed by atoms with Crippen molar-refractivity contribution in [2.24, 2.45) is 10.2 Å². The van der Waals surface area contributed by atoms with Gasteiger partial charge in [-0.05, 0) is 28.9 Å². The number of nitrogens with two attached hydrogens (primary N) is 1. The highest BCUT2D eigenvalue weighted by Gasteiger charge is 2.38. The smallest absolute Gasteiger partial charge is 0.262 e. The lowest BCUT2D eigenvalue weighted by Gasteiger charge is -2.09. The summed E-state index contributed by atoms with van der Waals surface area (Å²) in [6.07, 6.45) is 0. The topological polar surface area (TPSA) is 125 Å². The second-order valence-electron chi connectivity index (χ2n) is 6.25. The summed E-state index contributed by atoms with van der Waals surface area (Å²) in [4.78, 5) is 30.5. The van der Waals surface area contributed by atoms with E-state index < -0.39 is 11.8 Å². The molecule has 2 amide bonds. The second-order valence-corrected chi connectivity index (χ2v) is 8.05. The first-order valence-electron chi connectivity index (χ1n) is 8.82. The quantitative estimate of drug-likeness (QED) is 0.412. The van der Waals surface area contributed by atoms with Crippen LogP contribution in [0.3, 0.4) is 0 Å². The number of halogens is 1. The van der Waals surface area contributed by atoms with Gasteiger partial charge in [0.1, 0.15) is 17.5 Å². The van der Waals surface area contributed by atoms with Crippen LogP contribution in [0.2, 0.25) is 0 Å². The van der Waals surface area contributed by atoms with Crippen LogP contribution in [0.15, 0.2) is 51.1 Å². The Hall–Kier alpha value is -3.42. The highest BCUT2D eigenvalue weighted by Crippen LogP contribution is 2.42. The lowest BCUT2D eigenvalue weighted by molar-refractivity contribution is 0.0662. The second kappa shape index (κ2) is 7.78. The van der Waals surface area contributed by atoms with Crippen LogP contribution in [-0.2, 0) is 0 Å². The molecule has 148 valence electrons. The van der Waals surface area contributed by atoms with Crippen LogP contribution in [0.25, 0.3) is 11.3 Å². The summed E-state index contributed by atoms with van der Waals surface area (Å²) in [5.74, 6) is -0.864. The number of nitrogens with zero attached hydrogens (tertiary/aromatic N) is 5. The van der Waals surface area contributed by atoms with Gasteiger partial charge < -0.3 is 5.73 Å². The van der Waals surface area contributed by atoms with E-state index >= 15 is 0 Å². The number of thiazole rings is 1. The Kier molecular flexibility index (Phi) is 5.15. The number of benzene rings is 2. The molecule has 2 heterocycles. The van der Waals surface area contributed by atoms with E-state index in [9.17, 15) is 14.9 Å². The molecule has 1 aromatic heterocycles. The number of carbonyl (C=O) groups excluding carboxylic acids is 2. The molecule has 0 spiro atoms. The van der Waals surface area contributed by atoms with Gasteiger partial charge in [0.05, 0.1) is 21.2 Å². The predicted octanol–water partition coefficient (Wildman–Crippen LogP) is 5.06. The monoisotopic (exact) mass is 480 g/mol. The molecule has 1 aliphatic heterocycles. The SMILES string of the molecule is CCN1C(=O)c2cc(C#N)c(N=Nc3sc(N)nc3-c3ccccc3)c(Br)c2C1=O. The highest BCUT2D eigenvalue weighted by molar-refractivity contribution is 9.10. The van der Waals surface area contributed by atoms with Crippen LogP contribution in [-0.4, -0.2) is 28.2 Å². The molecule has 0 fully saturated rings. The molecule has 0 aliphatic carbocycles. The van der Waals surface area contributed by atoms with Gasteiger partial charge in [-0.2, -0.15) is 5.26 Å². The van der Waals surface area contributed by atoms with E-state index in [1.807, 2.05) is 36.4 Å². The number of rotatable bonds is 4. The van der Waals surface area contributed by atoms with Crippen molar-refractivity contribution in [1.29, 1.82) is 5.26 Å². The van der Waals surface area contributed by atoms with E-state index in [1.165, 1.54) is 6.07 Å². The number of azo groups is 1. The largest absolute Gasteiger partial charge is 0.375 e. The van der Waals surface area contributed by atoms with Gasteiger partial charge in [0.2, 0.25) is 0 Å². The fourth-order valence-corrected chi connectivity index (χ4v) is 4.49. The summed E-state index contributed by atoms with van der Waals surface area (Å²) in [6.45, 7) is 1.94. The number of hydrogen-bond donors (Lipinski definition) is 1. The van der Waals surface area contributed by atoms with Crippen molar-refractivity contribution in [2.45, 2.75) is 6.92 Å². The summed E-state index contributed by atoms with van der Waals surface area (Å²) in [5, 5.41) is 18.9. The molecule has 0 atom stereocenters. The third-order valence-electron chi connectivity index (χ3n) is 4.53. The summed E-state index contributed by atoms with van der Waals surface area (Å²) in [7, 11) is 0. The fourth-order valence-electron chi connectivity index (χ4n) is 3.14. The third kappa shape index (κ3) is 3.18. The number of amides is 2. The van der Waals surface area contributed by atoms with E-state index in [1.54, 1.807) is 6.92 Å². The van der Waals surface area contributed by atoms with Crippen molar-refractivity contribution >= 4 is 54.9 Å². The zero-order valence-corrected chi connectivity index (χ0v) is 18.0. The van der Waals surface area contributed by atoms with Crippen molar-refractivity contribution in [2.75, 3.05) is 12.3 Å². The van der Waals surface area contributed by atoms with E-state index in [-0.39, 0.29) is 33.4 Å². The number of imide groups is 1. The van der Waals surface area contributed by atoms with Crippen molar-refractivity contribution in [3.8, 4) is 17.3 Å². The van der Waals surface area contributed by atoms with E-state index in [4.69, 9.17) is 5.73 Å². The Morgan fingerprint density at radius 3 is 2.63 bits per heavy atom. The maximum Gasteiger partial charge on any atom is 0.262 e. The predicted molar refractivity (Wildman–Crippen MR) is 116 cm³/mol. The number of carbonyl (C=O) groups is 2. The standard InChI is InChI=1S/C20H13BrN6O2S/c1-2-27-18(28)12-8-11(9-22)15(14(21)13(12)19(27)29)25-26-17-16(24-20(23)30-17)10-6-4-3-5-7-10/h3-8H,2H2,1H3,(H2,23,24). The molecule has 8 nitrogen and oxygen atoms in total. The van der Waals surface area contributed by atoms with Crippen LogP contribution in [0.4, 0.5) is 15.8 Å². The van der Waals surface area contributed by atoms with Crippen molar-refractivity contribution < 1.29 is 9.59 Å². The lowest BCUT2D eigenvalue weighted by atomic mass is 10.0. The first kappa shape index (κ1) is 19.9. The van der Waals surface area contributed by atoms with E-state index in [2.05, 4.69) is 31.1 Å². The summed E-state index contributed by atoms with van der Waals surface area (Å²) in [6, 6.07) is 12.8. The molecular weight excluding hydrogens is 468 g/mol. The minimum absolute atomic E-state index is 0.127. The van der Waals surface area contributed by atoms with Gasteiger partial charge in [0, 0.05) is 12.1 Å². The number of fused-ring (bicyclic) bond motifs is 1. The summed E-state index contributed by atoms with van der Waals surface area (Å²) < 4.78 is 0.258. The van der Waals surface area contributed by atoms with E-state index in [0.717, 1.165) is 21.8 Å². The molecule has 3 aromatic rings. The number of aromatic nitrogens is 1. The fraction of sp³-hybridized carbons (Fsp3) is 0.100. The number of anilines is 1. The van der Waals surface area contributed by atoms with Gasteiger partial charge in [-0.15, -0.1) is 10.2 Å². The molecule has 0 saturated carbocycles. The number of hydrogen-bond acceptors (Lipinski definition) is 8. The van der Waals surface area contributed by atoms with Crippen LogP contribution >= 0.6 is 27.3 Å². The normalized spacial score (nSPS) is 13.2. The Morgan fingerprint density at radius 2 is 1.97 bits per heavy atom. The zero-order chi connectivity index (χ0) is 21.4. The van der Waals surface area contributed by atoms with Crippen LogP contribution in [0.5, 0.6) is 0 Å². The van der Waals surface area contributed by atoms with Crippen LogP contribution in [0, 0.1) is 11.3 Å². The number of nitrogen functional groups attached to an aromatic ring is 1. The van der Waals surface area contributed by atoms with Gasteiger partial charge in [-0.3, -0.25) is 14.5 Å². The maximum absolute atomic E-state index is 12.6. The van der Waals surface area contributed by atoms with Gasteiger partial charge >= 0.3 is 0 Å². The van der Waals surface area contributed by atoms with Crippen LogP contribution in [0.1, 0.15) is 33.2 Å². The van der Waals surface area contributed by atoms with Gasteiger partial charge in [0.15, 0.2) is 10.1 Å². The Morgan fingerprint density at radius 1 is 1.23 bits per heavy atom. The first-order chi connectivity index (χ1) is 14.5. The molecular formula is C20H13BrN6O2S. The minimum atomic E-state index is -0.433. The van der Waals surface area contributed by atoms with Gasteiger partial charge in [0.25, 0.3) is 11.8 Å².